The predicted molar refractivity (Wildman–Crippen MR) is 80.1 cm³/mol. The van der Waals surface area contributed by atoms with Crippen LogP contribution in [0.15, 0.2) is 36.4 Å². The normalized spacial score (nSPS) is 10.2. The highest BCUT2D eigenvalue weighted by molar-refractivity contribution is 6.45. The van der Waals surface area contributed by atoms with Gasteiger partial charge in [0.15, 0.2) is 11.6 Å². The molecule has 0 radical (unpaired) electrons. The Morgan fingerprint density at radius 2 is 1.55 bits per heavy atom. The van der Waals surface area contributed by atoms with Crippen molar-refractivity contribution in [2.75, 3.05) is 10.6 Å². The second kappa shape index (κ2) is 6.72. The standard InChI is InChI=1S/C14H8Cl2F2N2O2/c15-7-1-4-12(9(16)5-7)20-14(22)13(21)19-8-2-3-10(17)11(18)6-8/h1-6H,(H,19,21)(H,20,22). The largest absolute Gasteiger partial charge is 0.318 e. The highest BCUT2D eigenvalue weighted by Gasteiger charge is 2.16. The van der Waals surface area contributed by atoms with Gasteiger partial charge in [-0.25, -0.2) is 8.78 Å². The molecule has 0 aliphatic rings. The number of amides is 2. The van der Waals surface area contributed by atoms with Gasteiger partial charge in [-0.3, -0.25) is 9.59 Å². The first-order valence-corrected chi connectivity index (χ1v) is 6.65. The molecule has 0 atom stereocenters. The number of hydrogen-bond donors (Lipinski definition) is 2. The highest BCUT2D eigenvalue weighted by Crippen LogP contribution is 2.25. The molecule has 22 heavy (non-hydrogen) atoms. The summed E-state index contributed by atoms with van der Waals surface area (Å²) in [5.41, 5.74) is 0.137. The minimum absolute atomic E-state index is 0.0544. The third-order valence-corrected chi connectivity index (χ3v) is 3.11. The summed E-state index contributed by atoms with van der Waals surface area (Å²) in [6.07, 6.45) is 0. The molecule has 0 unspecified atom stereocenters. The summed E-state index contributed by atoms with van der Waals surface area (Å²) in [4.78, 5) is 23.4. The Hall–Kier alpha value is -2.18. The molecule has 2 N–H and O–H groups in total. The van der Waals surface area contributed by atoms with E-state index in [4.69, 9.17) is 23.2 Å². The van der Waals surface area contributed by atoms with Crippen LogP contribution in [0, 0.1) is 11.6 Å². The van der Waals surface area contributed by atoms with Crippen LogP contribution in [0.5, 0.6) is 0 Å². The molecule has 0 bridgehead atoms. The quantitative estimate of drug-likeness (QED) is 0.813. The van der Waals surface area contributed by atoms with E-state index < -0.39 is 23.4 Å². The second-order valence-corrected chi connectivity index (χ2v) is 5.00. The number of rotatable bonds is 2. The van der Waals surface area contributed by atoms with Gasteiger partial charge in [0.2, 0.25) is 0 Å². The van der Waals surface area contributed by atoms with Crippen molar-refractivity contribution < 1.29 is 18.4 Å². The summed E-state index contributed by atoms with van der Waals surface area (Å²) >= 11 is 11.6. The Balaban J connectivity index is 2.05. The summed E-state index contributed by atoms with van der Waals surface area (Å²) in [5, 5.41) is 4.93. The van der Waals surface area contributed by atoms with E-state index in [2.05, 4.69) is 10.6 Å². The van der Waals surface area contributed by atoms with Gasteiger partial charge in [0, 0.05) is 16.8 Å². The lowest BCUT2D eigenvalue weighted by atomic mass is 10.3. The van der Waals surface area contributed by atoms with Gasteiger partial charge in [-0.1, -0.05) is 23.2 Å². The lowest BCUT2D eigenvalue weighted by Gasteiger charge is -2.08. The predicted octanol–water partition coefficient (Wildman–Crippen LogP) is 3.85. The van der Waals surface area contributed by atoms with Gasteiger partial charge in [0.1, 0.15) is 0 Å². The zero-order valence-corrected chi connectivity index (χ0v) is 12.3. The molecule has 0 aliphatic heterocycles. The zero-order chi connectivity index (χ0) is 16.3. The fraction of sp³-hybridized carbons (Fsp3) is 0. The molecule has 2 aromatic carbocycles. The Bertz CT molecular complexity index is 754. The Kier molecular flexibility index (Phi) is 4.95. The first kappa shape index (κ1) is 16.2. The van der Waals surface area contributed by atoms with Crippen LogP contribution in [0.1, 0.15) is 0 Å². The van der Waals surface area contributed by atoms with Crippen LogP contribution in [0.4, 0.5) is 20.2 Å². The summed E-state index contributed by atoms with van der Waals surface area (Å²) < 4.78 is 25.8. The molecule has 2 aromatic rings. The van der Waals surface area contributed by atoms with E-state index in [1.807, 2.05) is 0 Å². The SMILES string of the molecule is O=C(Nc1ccc(F)c(F)c1)C(=O)Nc1ccc(Cl)cc1Cl. The maximum absolute atomic E-state index is 13.0. The molecule has 4 nitrogen and oxygen atoms in total. The fourth-order valence-corrected chi connectivity index (χ4v) is 1.99. The maximum Gasteiger partial charge on any atom is 0.314 e. The zero-order valence-electron chi connectivity index (χ0n) is 10.8. The van der Waals surface area contributed by atoms with Crippen molar-refractivity contribution in [3.8, 4) is 0 Å². The molecule has 0 fully saturated rings. The smallest absolute Gasteiger partial charge is 0.314 e. The summed E-state index contributed by atoms with van der Waals surface area (Å²) in [6.45, 7) is 0. The molecule has 0 spiro atoms. The van der Waals surface area contributed by atoms with Gasteiger partial charge in [-0.2, -0.15) is 0 Å². The van der Waals surface area contributed by atoms with Crippen molar-refractivity contribution in [2.45, 2.75) is 0 Å². The molecular formula is C14H8Cl2F2N2O2. The maximum atomic E-state index is 13.0. The Morgan fingerprint density at radius 3 is 2.18 bits per heavy atom. The van der Waals surface area contributed by atoms with E-state index in [0.29, 0.717) is 5.02 Å². The van der Waals surface area contributed by atoms with Crippen molar-refractivity contribution in [3.05, 3.63) is 58.1 Å². The molecule has 8 heteroatoms. The van der Waals surface area contributed by atoms with E-state index in [0.717, 1.165) is 18.2 Å². The van der Waals surface area contributed by atoms with Gasteiger partial charge in [0.25, 0.3) is 0 Å². The van der Waals surface area contributed by atoms with Crippen molar-refractivity contribution in [1.82, 2.24) is 0 Å². The first-order valence-electron chi connectivity index (χ1n) is 5.89. The molecule has 0 saturated heterocycles. The van der Waals surface area contributed by atoms with Gasteiger partial charge in [0.05, 0.1) is 10.7 Å². The minimum Gasteiger partial charge on any atom is -0.318 e. The number of hydrogen-bond acceptors (Lipinski definition) is 2. The highest BCUT2D eigenvalue weighted by atomic mass is 35.5. The molecule has 0 aromatic heterocycles. The second-order valence-electron chi connectivity index (χ2n) is 4.16. The molecule has 114 valence electrons. The van der Waals surface area contributed by atoms with E-state index >= 15 is 0 Å². The average molecular weight is 345 g/mol. The Morgan fingerprint density at radius 1 is 0.864 bits per heavy atom. The molecule has 2 rings (SSSR count). The summed E-state index contributed by atoms with van der Waals surface area (Å²) in [6, 6.07) is 7.02. The number of carbonyl (C=O) groups is 2. The van der Waals surface area contributed by atoms with Gasteiger partial charge >= 0.3 is 11.8 Å². The number of anilines is 2. The van der Waals surface area contributed by atoms with Crippen LogP contribution in [0.25, 0.3) is 0 Å². The fourth-order valence-electron chi connectivity index (χ4n) is 1.53. The molecule has 0 saturated carbocycles. The monoisotopic (exact) mass is 344 g/mol. The number of carbonyl (C=O) groups excluding carboxylic acids is 2. The van der Waals surface area contributed by atoms with Crippen LogP contribution in [-0.2, 0) is 9.59 Å². The number of halogens is 4. The van der Waals surface area contributed by atoms with E-state index in [-0.39, 0.29) is 16.4 Å². The van der Waals surface area contributed by atoms with Crippen LogP contribution in [-0.4, -0.2) is 11.8 Å². The van der Waals surface area contributed by atoms with E-state index in [9.17, 15) is 18.4 Å². The Labute approximate surface area is 134 Å². The molecule has 2 amide bonds. The lowest BCUT2D eigenvalue weighted by Crippen LogP contribution is -2.29. The van der Waals surface area contributed by atoms with Crippen LogP contribution >= 0.6 is 23.2 Å². The van der Waals surface area contributed by atoms with Gasteiger partial charge in [-0.15, -0.1) is 0 Å². The van der Waals surface area contributed by atoms with Crippen LogP contribution < -0.4 is 10.6 Å². The molecular weight excluding hydrogens is 337 g/mol. The van der Waals surface area contributed by atoms with Crippen molar-refractivity contribution in [3.63, 3.8) is 0 Å². The minimum atomic E-state index is -1.14. The van der Waals surface area contributed by atoms with Crippen LogP contribution in [0.3, 0.4) is 0 Å². The lowest BCUT2D eigenvalue weighted by molar-refractivity contribution is -0.132. The third kappa shape index (κ3) is 3.93. The number of benzene rings is 2. The van der Waals surface area contributed by atoms with Crippen molar-refractivity contribution in [1.29, 1.82) is 0 Å². The molecule has 0 heterocycles. The topological polar surface area (TPSA) is 58.2 Å². The van der Waals surface area contributed by atoms with Crippen molar-refractivity contribution in [2.24, 2.45) is 0 Å². The summed E-state index contributed by atoms with van der Waals surface area (Å²) in [7, 11) is 0. The van der Waals surface area contributed by atoms with Crippen LogP contribution in [0.2, 0.25) is 10.0 Å². The van der Waals surface area contributed by atoms with Gasteiger partial charge < -0.3 is 10.6 Å². The third-order valence-electron chi connectivity index (χ3n) is 2.56. The first-order chi connectivity index (χ1) is 10.4. The van der Waals surface area contributed by atoms with E-state index in [1.165, 1.54) is 18.2 Å². The molecule has 0 aliphatic carbocycles. The van der Waals surface area contributed by atoms with E-state index in [1.54, 1.807) is 0 Å². The van der Waals surface area contributed by atoms with Crippen molar-refractivity contribution >= 4 is 46.4 Å². The number of nitrogens with one attached hydrogen (secondary N) is 2. The average Bonchev–Trinajstić information content (AvgIpc) is 2.45. The van der Waals surface area contributed by atoms with Gasteiger partial charge in [-0.05, 0) is 30.3 Å². The summed E-state index contributed by atoms with van der Waals surface area (Å²) in [5.74, 6) is -4.28.